The number of carbonyl (C=O) groups excluding carboxylic acids is 4. The van der Waals surface area contributed by atoms with Crippen LogP contribution in [0.2, 0.25) is 0 Å². The Bertz CT molecular complexity index is 789. The number of hydrogen-bond acceptors (Lipinski definition) is 8. The summed E-state index contributed by atoms with van der Waals surface area (Å²) in [5.74, 6) is 5.09. The molecule has 1 amide bonds. The topological polar surface area (TPSA) is 139 Å². The predicted molar refractivity (Wildman–Crippen MR) is 139 cm³/mol. The summed E-state index contributed by atoms with van der Waals surface area (Å²) < 4.78 is 10.5. The summed E-state index contributed by atoms with van der Waals surface area (Å²) in [5.41, 5.74) is 0.307. The van der Waals surface area contributed by atoms with E-state index in [1.807, 2.05) is 27.4 Å². The molecule has 36 heavy (non-hydrogen) atoms. The lowest BCUT2D eigenvalue weighted by molar-refractivity contribution is -0.166. The standard InChI is InChI=1S/C21H27NO6.C2H6.C2H4.2CH2O/c1-14-11-21(12-14,28-3)18(20(26)27-2)22-19(25)16-9-7-15(8-10-16)5-4-6-17(24)13-23;4*1-2/h7-10,14,17-18,23-24H,6,11-13H2,1-3H3,(H,22,25);1-2H3;1-2H2;2*1H2. The van der Waals surface area contributed by atoms with E-state index in [4.69, 9.17) is 24.2 Å². The lowest BCUT2D eigenvalue weighted by Gasteiger charge is -2.48. The number of esters is 1. The fourth-order valence-electron chi connectivity index (χ4n) is 3.42. The monoisotopic (exact) mass is 507 g/mol. The number of hydrogen-bond donors (Lipinski definition) is 3. The maximum Gasteiger partial charge on any atom is 0.331 e. The van der Waals surface area contributed by atoms with Crippen molar-refractivity contribution in [2.45, 2.75) is 57.8 Å². The van der Waals surface area contributed by atoms with Crippen LogP contribution < -0.4 is 5.32 Å². The van der Waals surface area contributed by atoms with Gasteiger partial charge in [0.2, 0.25) is 0 Å². The Balaban J connectivity index is -0.00000124. The van der Waals surface area contributed by atoms with Gasteiger partial charge in [-0.25, -0.2) is 4.79 Å². The van der Waals surface area contributed by atoms with E-state index in [0.717, 1.165) is 0 Å². The molecule has 0 aliphatic heterocycles. The third kappa shape index (κ3) is 11.9. The predicted octanol–water partition coefficient (Wildman–Crippen LogP) is 2.33. The van der Waals surface area contributed by atoms with Gasteiger partial charge in [0.05, 0.1) is 25.4 Å². The molecule has 2 atom stereocenters. The largest absolute Gasteiger partial charge is 0.467 e. The van der Waals surface area contributed by atoms with Crippen molar-refractivity contribution in [1.82, 2.24) is 5.32 Å². The van der Waals surface area contributed by atoms with Gasteiger partial charge in [-0.15, -0.1) is 13.2 Å². The highest BCUT2D eigenvalue weighted by atomic mass is 16.5. The van der Waals surface area contributed by atoms with Crippen LogP contribution in [0.15, 0.2) is 37.4 Å². The molecule has 0 saturated heterocycles. The number of carbonyl (C=O) groups is 4. The first-order valence-corrected chi connectivity index (χ1v) is 11.2. The number of ether oxygens (including phenoxy) is 2. The zero-order chi connectivity index (χ0) is 28.7. The van der Waals surface area contributed by atoms with Crippen LogP contribution in [0.1, 0.15) is 56.0 Å². The lowest BCUT2D eigenvalue weighted by Crippen LogP contribution is -2.63. The summed E-state index contributed by atoms with van der Waals surface area (Å²) in [4.78, 5) is 40.9. The molecule has 1 fully saturated rings. The molecule has 1 aromatic rings. The Labute approximate surface area is 214 Å². The van der Waals surface area contributed by atoms with Crippen LogP contribution in [0.4, 0.5) is 0 Å². The van der Waals surface area contributed by atoms with Crippen molar-refractivity contribution in [2.75, 3.05) is 20.8 Å². The second kappa shape index (κ2) is 22.2. The van der Waals surface area contributed by atoms with E-state index >= 15 is 0 Å². The highest BCUT2D eigenvalue weighted by Gasteiger charge is 2.52. The molecule has 0 radical (unpaired) electrons. The van der Waals surface area contributed by atoms with Crippen LogP contribution in [-0.2, 0) is 23.9 Å². The minimum Gasteiger partial charge on any atom is -0.467 e. The van der Waals surface area contributed by atoms with Crippen LogP contribution in [-0.4, -0.2) is 74.2 Å². The average Bonchev–Trinajstić information content (AvgIpc) is 2.94. The Kier molecular flexibility index (Phi) is 22.9. The Hall–Kier alpha value is -3.32. The van der Waals surface area contributed by atoms with Gasteiger partial charge in [0, 0.05) is 24.7 Å². The van der Waals surface area contributed by atoms with Crippen LogP contribution >= 0.6 is 0 Å². The van der Waals surface area contributed by atoms with Gasteiger partial charge in [-0.1, -0.05) is 32.6 Å². The average molecular weight is 508 g/mol. The molecule has 1 saturated carbocycles. The molecule has 3 N–H and O–H groups in total. The molecule has 0 aromatic heterocycles. The number of aliphatic hydroxyl groups excluding tert-OH is 2. The molecule has 1 aliphatic rings. The molecule has 0 heterocycles. The van der Waals surface area contributed by atoms with Gasteiger partial charge < -0.3 is 34.6 Å². The van der Waals surface area contributed by atoms with Gasteiger partial charge in [-0.2, -0.15) is 0 Å². The van der Waals surface area contributed by atoms with E-state index in [-0.39, 0.29) is 13.0 Å². The fourth-order valence-corrected chi connectivity index (χ4v) is 3.42. The van der Waals surface area contributed by atoms with Crippen molar-refractivity contribution < 1.29 is 38.9 Å². The smallest absolute Gasteiger partial charge is 0.331 e. The molecule has 2 rings (SSSR count). The van der Waals surface area contributed by atoms with E-state index in [2.05, 4.69) is 37.2 Å². The maximum atomic E-state index is 12.6. The maximum absolute atomic E-state index is 12.6. The molecule has 9 heteroatoms. The molecular formula is C27H41NO8. The summed E-state index contributed by atoms with van der Waals surface area (Å²) >= 11 is 0. The van der Waals surface area contributed by atoms with Crippen LogP contribution in [0.3, 0.4) is 0 Å². The van der Waals surface area contributed by atoms with Crippen molar-refractivity contribution in [2.24, 2.45) is 5.92 Å². The second-order valence-electron chi connectivity index (χ2n) is 7.13. The van der Waals surface area contributed by atoms with Gasteiger partial charge in [0.15, 0.2) is 6.04 Å². The number of rotatable bonds is 7. The van der Waals surface area contributed by atoms with Crippen molar-refractivity contribution in [3.8, 4) is 11.8 Å². The van der Waals surface area contributed by atoms with Gasteiger partial charge >= 0.3 is 5.97 Å². The zero-order valence-corrected chi connectivity index (χ0v) is 22.0. The summed E-state index contributed by atoms with van der Waals surface area (Å²) in [6.45, 7) is 15.7. The van der Waals surface area contributed by atoms with Crippen LogP contribution in [0, 0.1) is 17.8 Å². The Morgan fingerprint density at radius 3 is 2.00 bits per heavy atom. The number of nitrogens with one attached hydrogen (secondary N) is 1. The van der Waals surface area contributed by atoms with Crippen molar-refractivity contribution in [3.63, 3.8) is 0 Å². The van der Waals surface area contributed by atoms with Crippen LogP contribution in [0.25, 0.3) is 0 Å². The molecule has 0 spiro atoms. The lowest BCUT2D eigenvalue weighted by atomic mass is 9.67. The van der Waals surface area contributed by atoms with E-state index in [0.29, 0.717) is 29.9 Å². The minimum absolute atomic E-state index is 0.164. The summed E-state index contributed by atoms with van der Waals surface area (Å²) in [6.07, 6.45) is 0.627. The highest BCUT2D eigenvalue weighted by molar-refractivity contribution is 5.97. The first-order valence-electron chi connectivity index (χ1n) is 11.2. The highest BCUT2D eigenvalue weighted by Crippen LogP contribution is 2.43. The molecule has 9 nitrogen and oxygen atoms in total. The van der Waals surface area contributed by atoms with E-state index in [9.17, 15) is 14.7 Å². The van der Waals surface area contributed by atoms with Gasteiger partial charge in [0.1, 0.15) is 13.6 Å². The zero-order valence-electron chi connectivity index (χ0n) is 22.0. The third-order valence-corrected chi connectivity index (χ3v) is 4.96. The molecule has 202 valence electrons. The normalized spacial score (nSPS) is 18.2. The molecular weight excluding hydrogens is 466 g/mol. The van der Waals surface area contributed by atoms with Crippen molar-refractivity contribution in [3.05, 3.63) is 48.6 Å². The first-order chi connectivity index (χ1) is 17.3. The van der Waals surface area contributed by atoms with Gasteiger partial charge in [0.25, 0.3) is 5.91 Å². The Morgan fingerprint density at radius 2 is 1.61 bits per heavy atom. The first kappa shape index (κ1) is 37.2. The molecule has 0 bridgehead atoms. The van der Waals surface area contributed by atoms with Crippen molar-refractivity contribution in [1.29, 1.82) is 0 Å². The quantitative estimate of drug-likeness (QED) is 0.290. The number of methoxy groups -OCH3 is 2. The minimum atomic E-state index is -0.884. The molecule has 1 aromatic carbocycles. The molecule has 1 aliphatic carbocycles. The van der Waals surface area contributed by atoms with E-state index in [1.54, 1.807) is 24.3 Å². The number of aliphatic hydroxyl groups is 2. The number of amides is 1. The fraction of sp³-hybridized carbons (Fsp3) is 0.481. The Morgan fingerprint density at radius 1 is 1.11 bits per heavy atom. The van der Waals surface area contributed by atoms with Crippen LogP contribution in [0.5, 0.6) is 0 Å². The summed E-state index contributed by atoms with van der Waals surface area (Å²) in [7, 11) is 2.82. The van der Waals surface area contributed by atoms with Crippen molar-refractivity contribution >= 4 is 25.5 Å². The number of benzene rings is 1. The third-order valence-electron chi connectivity index (χ3n) is 4.96. The SMILES string of the molecule is C=C.C=O.C=O.CC.COC(=O)C(NC(=O)c1ccc(C#CCC(O)CO)cc1)C1(OC)CC(C)C1. The van der Waals surface area contributed by atoms with Gasteiger partial charge in [-0.05, 0) is 43.0 Å². The van der Waals surface area contributed by atoms with E-state index < -0.39 is 29.6 Å². The second-order valence-corrected chi connectivity index (χ2v) is 7.13. The summed E-state index contributed by atoms with van der Waals surface area (Å²) in [6, 6.07) is 5.69. The van der Waals surface area contributed by atoms with E-state index in [1.165, 1.54) is 14.2 Å². The van der Waals surface area contributed by atoms with Gasteiger partial charge in [-0.3, -0.25) is 4.79 Å². The summed E-state index contributed by atoms with van der Waals surface area (Å²) in [5, 5.41) is 20.8. The molecule has 2 unspecified atom stereocenters.